The first-order valence-electron chi connectivity index (χ1n) is 14.7. The van der Waals surface area contributed by atoms with Crippen LogP contribution in [-0.2, 0) is 14.4 Å². The van der Waals surface area contributed by atoms with Crippen LogP contribution in [0.15, 0.2) is 24.3 Å². The third kappa shape index (κ3) is 15.6. The maximum atomic E-state index is 13.2. The van der Waals surface area contributed by atoms with Crippen molar-refractivity contribution >= 4 is 23.6 Å². The summed E-state index contributed by atoms with van der Waals surface area (Å²) in [5.41, 5.74) is 0. The van der Waals surface area contributed by atoms with Crippen LogP contribution in [-0.4, -0.2) is 48.8 Å². The van der Waals surface area contributed by atoms with Crippen LogP contribution >= 0.6 is 0 Å². The molecule has 1 heterocycles. The summed E-state index contributed by atoms with van der Waals surface area (Å²) in [6.45, 7) is 8.81. The van der Waals surface area contributed by atoms with E-state index in [1.807, 2.05) is 19.9 Å². The molecule has 3 atom stereocenters. The lowest BCUT2D eigenvalue weighted by atomic mass is 9.91. The van der Waals surface area contributed by atoms with E-state index in [-0.39, 0.29) is 42.0 Å². The van der Waals surface area contributed by atoms with E-state index in [2.05, 4.69) is 28.2 Å². The second kappa shape index (κ2) is 20.3. The van der Waals surface area contributed by atoms with Crippen LogP contribution < -0.4 is 21.3 Å². The Bertz CT molecular complexity index is 778. The first-order chi connectivity index (χ1) is 18.2. The molecule has 1 rings (SSSR count). The molecule has 0 aromatic carbocycles. The molecule has 216 valence electrons. The van der Waals surface area contributed by atoms with E-state index in [1.165, 1.54) is 57.4 Å². The fourth-order valence-corrected chi connectivity index (χ4v) is 4.43. The summed E-state index contributed by atoms with van der Waals surface area (Å²) in [7, 11) is 0. The number of unbranched alkanes of at least 4 members (excludes halogenated alkanes) is 9. The van der Waals surface area contributed by atoms with Gasteiger partial charge in [-0.25, -0.2) is 4.79 Å². The van der Waals surface area contributed by atoms with Gasteiger partial charge in [-0.05, 0) is 25.7 Å². The van der Waals surface area contributed by atoms with E-state index >= 15 is 0 Å². The number of Topliss-reactive ketones (excluding diaryl/α,β-unsaturated/α-hetero) is 1. The highest BCUT2D eigenvalue weighted by Crippen LogP contribution is 2.14. The first kappa shape index (κ1) is 33.4. The number of amides is 4. The molecule has 0 saturated carbocycles. The summed E-state index contributed by atoms with van der Waals surface area (Å²) in [5, 5.41) is 11.3. The van der Waals surface area contributed by atoms with E-state index in [0.717, 1.165) is 12.8 Å². The van der Waals surface area contributed by atoms with Crippen molar-refractivity contribution < 1.29 is 19.2 Å². The van der Waals surface area contributed by atoms with Crippen LogP contribution in [0.5, 0.6) is 0 Å². The Labute approximate surface area is 230 Å². The molecule has 38 heavy (non-hydrogen) atoms. The highest BCUT2D eigenvalue weighted by Gasteiger charge is 2.28. The van der Waals surface area contributed by atoms with E-state index in [0.29, 0.717) is 19.5 Å². The Hall–Kier alpha value is -2.64. The van der Waals surface area contributed by atoms with Crippen LogP contribution in [0.1, 0.15) is 105 Å². The second-order valence-corrected chi connectivity index (χ2v) is 10.7. The highest BCUT2D eigenvalue weighted by atomic mass is 16.2. The van der Waals surface area contributed by atoms with Crippen LogP contribution in [0, 0.1) is 11.8 Å². The molecule has 0 fully saturated rings. The number of ketones is 1. The Morgan fingerprint density at radius 2 is 1.61 bits per heavy atom. The molecule has 4 amide bonds. The van der Waals surface area contributed by atoms with Crippen molar-refractivity contribution in [3.05, 3.63) is 24.3 Å². The van der Waals surface area contributed by atoms with Crippen LogP contribution in [0.2, 0.25) is 0 Å². The molecule has 1 unspecified atom stereocenters. The van der Waals surface area contributed by atoms with Crippen molar-refractivity contribution in [1.29, 1.82) is 0 Å². The van der Waals surface area contributed by atoms with Gasteiger partial charge in [0.2, 0.25) is 11.8 Å². The largest absolute Gasteiger partial charge is 0.352 e. The quantitative estimate of drug-likeness (QED) is 0.166. The minimum atomic E-state index is -0.679. The molecule has 0 aromatic rings. The molecule has 0 bridgehead atoms. The summed E-state index contributed by atoms with van der Waals surface area (Å²) in [6.07, 6.45) is 19.4. The fraction of sp³-hybridized carbons (Fsp3) is 0.733. The third-order valence-electron chi connectivity index (χ3n) is 6.76. The molecule has 0 aliphatic carbocycles. The zero-order chi connectivity index (χ0) is 28.2. The van der Waals surface area contributed by atoms with Gasteiger partial charge in [0.25, 0.3) is 0 Å². The predicted octanol–water partition coefficient (Wildman–Crippen LogP) is 4.94. The first-order valence-corrected chi connectivity index (χ1v) is 14.7. The van der Waals surface area contributed by atoms with Gasteiger partial charge in [-0.3, -0.25) is 14.4 Å². The zero-order valence-corrected chi connectivity index (χ0v) is 24.2. The van der Waals surface area contributed by atoms with Crippen molar-refractivity contribution in [1.82, 2.24) is 21.3 Å². The normalized spacial score (nSPS) is 20.9. The maximum absolute atomic E-state index is 13.2. The predicted molar refractivity (Wildman–Crippen MR) is 154 cm³/mol. The number of nitrogens with one attached hydrogen (secondary N) is 4. The monoisotopic (exact) mass is 532 g/mol. The summed E-state index contributed by atoms with van der Waals surface area (Å²) < 4.78 is 0. The summed E-state index contributed by atoms with van der Waals surface area (Å²) in [5.74, 6) is -1.42. The van der Waals surface area contributed by atoms with Gasteiger partial charge >= 0.3 is 6.03 Å². The Balaban J connectivity index is 2.48. The topological polar surface area (TPSA) is 116 Å². The molecule has 0 spiro atoms. The molecule has 8 nitrogen and oxygen atoms in total. The van der Waals surface area contributed by atoms with Gasteiger partial charge in [-0.1, -0.05) is 96.8 Å². The zero-order valence-electron chi connectivity index (χ0n) is 24.2. The van der Waals surface area contributed by atoms with Crippen LogP contribution in [0.25, 0.3) is 0 Å². The number of hydrogen-bond acceptors (Lipinski definition) is 4. The van der Waals surface area contributed by atoms with Crippen molar-refractivity contribution in [2.75, 3.05) is 13.1 Å². The average molecular weight is 533 g/mol. The lowest BCUT2D eigenvalue weighted by Gasteiger charge is -2.23. The van der Waals surface area contributed by atoms with Crippen molar-refractivity contribution in [3.8, 4) is 0 Å². The van der Waals surface area contributed by atoms with Crippen molar-refractivity contribution in [2.45, 2.75) is 117 Å². The molecule has 8 heteroatoms. The van der Waals surface area contributed by atoms with Gasteiger partial charge < -0.3 is 21.3 Å². The van der Waals surface area contributed by atoms with E-state index in [4.69, 9.17) is 0 Å². The van der Waals surface area contributed by atoms with Gasteiger partial charge in [-0.15, -0.1) is 0 Å². The van der Waals surface area contributed by atoms with Gasteiger partial charge in [-0.2, -0.15) is 0 Å². The van der Waals surface area contributed by atoms with E-state index < -0.39 is 12.0 Å². The number of hydrogen-bond donors (Lipinski definition) is 4. The number of carbonyl (C=O) groups is 4. The maximum Gasteiger partial charge on any atom is 0.315 e. The van der Waals surface area contributed by atoms with Gasteiger partial charge in [0.1, 0.15) is 0 Å². The average Bonchev–Trinajstić information content (AvgIpc) is 2.87. The highest BCUT2D eigenvalue weighted by molar-refractivity contribution is 5.93. The minimum Gasteiger partial charge on any atom is -0.352 e. The van der Waals surface area contributed by atoms with Gasteiger partial charge in [0, 0.05) is 31.6 Å². The van der Waals surface area contributed by atoms with Crippen molar-refractivity contribution in [3.63, 3.8) is 0 Å². The Morgan fingerprint density at radius 1 is 0.974 bits per heavy atom. The molecule has 0 radical (unpaired) electrons. The number of urea groups is 1. The number of rotatable bonds is 16. The smallest absolute Gasteiger partial charge is 0.315 e. The molecule has 4 N–H and O–H groups in total. The SMILES string of the molecule is CCCCCCCCCCCCNC(=O)NC(C(=O)C[C@H]1/C=C/CCNC(=O)/C=C/[C@H](C)NC1=O)C(C)C. The lowest BCUT2D eigenvalue weighted by Crippen LogP contribution is -2.49. The Kier molecular flexibility index (Phi) is 17.9. The lowest BCUT2D eigenvalue weighted by molar-refractivity contribution is -0.129. The molecule has 0 aromatic heterocycles. The van der Waals surface area contributed by atoms with E-state index in [9.17, 15) is 19.2 Å². The van der Waals surface area contributed by atoms with E-state index in [1.54, 1.807) is 19.1 Å². The molecule has 1 aliphatic heterocycles. The summed E-state index contributed by atoms with van der Waals surface area (Å²) in [4.78, 5) is 50.2. The molecule has 1 aliphatic rings. The van der Waals surface area contributed by atoms with Crippen LogP contribution in [0.4, 0.5) is 4.79 Å². The third-order valence-corrected chi connectivity index (χ3v) is 6.76. The second-order valence-electron chi connectivity index (χ2n) is 10.7. The Morgan fingerprint density at radius 3 is 2.24 bits per heavy atom. The molecular formula is C30H52N4O4. The van der Waals surface area contributed by atoms with Crippen molar-refractivity contribution in [2.24, 2.45) is 11.8 Å². The molecule has 0 saturated heterocycles. The van der Waals surface area contributed by atoms with Gasteiger partial charge in [0.15, 0.2) is 5.78 Å². The van der Waals surface area contributed by atoms with Crippen LogP contribution in [0.3, 0.4) is 0 Å². The molecular weight excluding hydrogens is 480 g/mol. The standard InChI is InChI=1S/C30H52N4O4/c1-5-6-7-8-9-10-11-12-13-15-21-32-30(38)34-28(23(2)3)26(35)22-25-17-14-16-20-31-27(36)19-18-24(4)33-29(25)37/h14,17-19,23-25,28H,5-13,15-16,20-22H2,1-4H3,(H,31,36)(H,33,37)(H2,32,34,38)/b17-14+,19-18+/t24-,25+,28?/m0/s1. The minimum absolute atomic E-state index is 0.00724. The number of carbonyl (C=O) groups excluding carboxylic acids is 4. The fourth-order valence-electron chi connectivity index (χ4n) is 4.43. The van der Waals surface area contributed by atoms with Gasteiger partial charge in [0.05, 0.1) is 12.0 Å². The summed E-state index contributed by atoms with van der Waals surface area (Å²) in [6, 6.07) is -1.38. The summed E-state index contributed by atoms with van der Waals surface area (Å²) >= 11 is 0.